The van der Waals surface area contributed by atoms with Crippen molar-refractivity contribution in [3.05, 3.63) is 0 Å². The Hall–Kier alpha value is -0.170. The monoisotopic (exact) mass is 318 g/mol. The summed E-state index contributed by atoms with van der Waals surface area (Å²) in [5.74, 6) is 0.145. The van der Waals surface area contributed by atoms with Gasteiger partial charge in [-0.05, 0) is 37.5 Å². The molecule has 0 amide bonds. The standard InChI is InChI=1S/C15H30N2O3S/c1-15(2)8-5-7-14(15)16-9-11-21(18,19)17-12-13-6-3-4-10-20-13/h13-14,16-17H,3-12H2,1-2H3/t13-,14-/m1/s1. The molecule has 0 aromatic carbocycles. The normalized spacial score (nSPS) is 29.6. The van der Waals surface area contributed by atoms with E-state index < -0.39 is 10.0 Å². The molecular weight excluding hydrogens is 288 g/mol. The molecule has 2 fully saturated rings. The van der Waals surface area contributed by atoms with Gasteiger partial charge >= 0.3 is 0 Å². The summed E-state index contributed by atoms with van der Waals surface area (Å²) in [7, 11) is -3.20. The molecule has 1 aliphatic heterocycles. The van der Waals surface area contributed by atoms with Crippen LogP contribution in [-0.4, -0.2) is 46.0 Å². The fourth-order valence-corrected chi connectivity index (χ4v) is 4.30. The van der Waals surface area contributed by atoms with Crippen LogP contribution in [0.25, 0.3) is 0 Å². The van der Waals surface area contributed by atoms with Crippen LogP contribution < -0.4 is 10.0 Å². The van der Waals surface area contributed by atoms with Crippen LogP contribution in [0.15, 0.2) is 0 Å². The Labute approximate surface area is 129 Å². The molecule has 1 saturated heterocycles. The van der Waals surface area contributed by atoms with Crippen molar-refractivity contribution in [2.24, 2.45) is 5.41 Å². The second-order valence-electron chi connectivity index (χ2n) is 7.04. The Morgan fingerprint density at radius 3 is 2.62 bits per heavy atom. The van der Waals surface area contributed by atoms with Gasteiger partial charge in [0.15, 0.2) is 0 Å². The van der Waals surface area contributed by atoms with Crippen molar-refractivity contribution in [1.29, 1.82) is 0 Å². The molecule has 0 spiro atoms. The van der Waals surface area contributed by atoms with Gasteiger partial charge in [0, 0.05) is 25.7 Å². The minimum absolute atomic E-state index is 0.0512. The number of hydrogen-bond acceptors (Lipinski definition) is 4. The van der Waals surface area contributed by atoms with Gasteiger partial charge in [0.1, 0.15) is 0 Å². The second-order valence-corrected chi connectivity index (χ2v) is 8.97. The van der Waals surface area contributed by atoms with Crippen LogP contribution in [0.3, 0.4) is 0 Å². The van der Waals surface area contributed by atoms with Gasteiger partial charge in [-0.3, -0.25) is 0 Å². The lowest BCUT2D eigenvalue weighted by Crippen LogP contribution is -2.42. The zero-order chi connectivity index (χ0) is 15.3. The quantitative estimate of drug-likeness (QED) is 0.749. The second kappa shape index (κ2) is 7.40. The largest absolute Gasteiger partial charge is 0.377 e. The van der Waals surface area contributed by atoms with E-state index in [2.05, 4.69) is 23.9 Å². The minimum atomic E-state index is -3.20. The molecule has 1 saturated carbocycles. The van der Waals surface area contributed by atoms with Crippen LogP contribution in [0.1, 0.15) is 52.4 Å². The van der Waals surface area contributed by atoms with Crippen LogP contribution in [0.2, 0.25) is 0 Å². The van der Waals surface area contributed by atoms with Gasteiger partial charge < -0.3 is 10.1 Å². The van der Waals surface area contributed by atoms with Gasteiger partial charge in [-0.25, -0.2) is 13.1 Å². The van der Waals surface area contributed by atoms with Crippen molar-refractivity contribution in [2.75, 3.05) is 25.4 Å². The highest BCUT2D eigenvalue weighted by molar-refractivity contribution is 7.89. The fraction of sp³-hybridized carbons (Fsp3) is 1.00. The zero-order valence-electron chi connectivity index (χ0n) is 13.4. The maximum absolute atomic E-state index is 12.0. The molecule has 0 aromatic heterocycles. The molecule has 6 heteroatoms. The Balaban J connectivity index is 1.66. The molecule has 2 atom stereocenters. The highest BCUT2D eigenvalue weighted by atomic mass is 32.2. The Bertz CT molecular complexity index is 417. The lowest BCUT2D eigenvalue weighted by molar-refractivity contribution is 0.0200. The molecule has 2 rings (SSSR count). The molecule has 124 valence electrons. The number of nitrogens with one attached hydrogen (secondary N) is 2. The van der Waals surface area contributed by atoms with Crippen molar-refractivity contribution < 1.29 is 13.2 Å². The number of sulfonamides is 1. The van der Waals surface area contributed by atoms with Gasteiger partial charge in [-0.15, -0.1) is 0 Å². The van der Waals surface area contributed by atoms with Crippen LogP contribution in [0.5, 0.6) is 0 Å². The first kappa shape index (κ1) is 17.2. The summed E-state index contributed by atoms with van der Waals surface area (Å²) < 4.78 is 32.2. The molecule has 2 N–H and O–H groups in total. The molecular formula is C15H30N2O3S. The van der Waals surface area contributed by atoms with Gasteiger partial charge in [0.25, 0.3) is 0 Å². The maximum atomic E-state index is 12.0. The summed E-state index contributed by atoms with van der Waals surface area (Å²) in [6.45, 7) is 6.20. The first-order chi connectivity index (χ1) is 9.89. The van der Waals surface area contributed by atoms with E-state index in [-0.39, 0.29) is 17.3 Å². The van der Waals surface area contributed by atoms with E-state index in [0.29, 0.717) is 19.1 Å². The van der Waals surface area contributed by atoms with Gasteiger partial charge in [0.05, 0.1) is 11.9 Å². The average molecular weight is 318 g/mol. The minimum Gasteiger partial charge on any atom is -0.377 e. The van der Waals surface area contributed by atoms with Crippen LogP contribution in [0, 0.1) is 5.41 Å². The molecule has 1 aliphatic carbocycles. The average Bonchev–Trinajstić information content (AvgIpc) is 2.77. The van der Waals surface area contributed by atoms with Gasteiger partial charge in [-0.2, -0.15) is 0 Å². The molecule has 5 nitrogen and oxygen atoms in total. The lowest BCUT2D eigenvalue weighted by Gasteiger charge is -2.28. The van der Waals surface area contributed by atoms with Crippen LogP contribution in [-0.2, 0) is 14.8 Å². The highest BCUT2D eigenvalue weighted by Gasteiger charge is 2.33. The summed E-state index contributed by atoms with van der Waals surface area (Å²) in [5.41, 5.74) is 0.285. The third kappa shape index (κ3) is 5.51. The highest BCUT2D eigenvalue weighted by Crippen LogP contribution is 2.36. The molecule has 0 radical (unpaired) electrons. The van der Waals surface area contributed by atoms with Gasteiger partial charge in [-0.1, -0.05) is 20.3 Å². The van der Waals surface area contributed by atoms with E-state index in [0.717, 1.165) is 32.3 Å². The van der Waals surface area contributed by atoms with E-state index in [1.807, 2.05) is 0 Å². The zero-order valence-corrected chi connectivity index (χ0v) is 14.2. The molecule has 2 aliphatic rings. The summed E-state index contributed by atoms with van der Waals surface area (Å²) in [5, 5.41) is 3.42. The predicted octanol–water partition coefficient (Wildman–Crippen LogP) is 1.64. The number of ether oxygens (including phenoxy) is 1. The summed E-state index contributed by atoms with van der Waals surface area (Å²) in [6, 6.07) is 0.439. The topological polar surface area (TPSA) is 67.4 Å². The molecule has 1 heterocycles. The van der Waals surface area contributed by atoms with Crippen LogP contribution >= 0.6 is 0 Å². The van der Waals surface area contributed by atoms with E-state index in [4.69, 9.17) is 4.74 Å². The van der Waals surface area contributed by atoms with Crippen molar-refractivity contribution in [1.82, 2.24) is 10.0 Å². The summed E-state index contributed by atoms with van der Waals surface area (Å²) in [6.07, 6.45) is 6.82. The number of hydrogen-bond donors (Lipinski definition) is 2. The Kier molecular flexibility index (Phi) is 6.05. The first-order valence-corrected chi connectivity index (χ1v) is 9.87. The number of rotatable bonds is 7. The lowest BCUT2D eigenvalue weighted by atomic mass is 9.87. The van der Waals surface area contributed by atoms with E-state index >= 15 is 0 Å². The van der Waals surface area contributed by atoms with E-state index in [1.54, 1.807) is 0 Å². The SMILES string of the molecule is CC1(C)CCC[C@H]1NCCS(=O)(=O)NC[C@H]1CCCCO1. The fourth-order valence-electron chi connectivity index (χ4n) is 3.33. The van der Waals surface area contributed by atoms with E-state index in [9.17, 15) is 8.42 Å². The molecule has 21 heavy (non-hydrogen) atoms. The molecule has 0 unspecified atom stereocenters. The Morgan fingerprint density at radius 1 is 1.19 bits per heavy atom. The van der Waals surface area contributed by atoms with Crippen molar-refractivity contribution in [3.63, 3.8) is 0 Å². The van der Waals surface area contributed by atoms with Crippen molar-refractivity contribution >= 4 is 10.0 Å². The molecule has 0 bridgehead atoms. The van der Waals surface area contributed by atoms with Gasteiger partial charge in [0.2, 0.25) is 10.0 Å². The van der Waals surface area contributed by atoms with Crippen LogP contribution in [0.4, 0.5) is 0 Å². The summed E-state index contributed by atoms with van der Waals surface area (Å²) in [4.78, 5) is 0. The van der Waals surface area contributed by atoms with E-state index in [1.165, 1.54) is 12.8 Å². The first-order valence-electron chi connectivity index (χ1n) is 8.21. The predicted molar refractivity (Wildman–Crippen MR) is 84.8 cm³/mol. The van der Waals surface area contributed by atoms with Crippen molar-refractivity contribution in [3.8, 4) is 0 Å². The Morgan fingerprint density at radius 2 is 2.00 bits per heavy atom. The van der Waals surface area contributed by atoms with Crippen molar-refractivity contribution in [2.45, 2.75) is 64.5 Å². The summed E-state index contributed by atoms with van der Waals surface area (Å²) >= 11 is 0. The third-order valence-corrected chi connectivity index (χ3v) is 6.17. The molecule has 0 aromatic rings. The third-order valence-electron chi connectivity index (χ3n) is 4.82. The maximum Gasteiger partial charge on any atom is 0.212 e. The smallest absolute Gasteiger partial charge is 0.212 e.